The maximum Gasteiger partial charge on any atom is 0.137 e. The fraction of sp³-hybridized carbons (Fsp3) is 0.667. The second-order valence-electron chi connectivity index (χ2n) is 5.76. The average Bonchev–Trinajstić information content (AvgIpc) is 2.48. The van der Waals surface area contributed by atoms with Gasteiger partial charge in [-0.25, -0.2) is 4.39 Å². The Morgan fingerprint density at radius 2 is 1.57 bits per heavy atom. The molecule has 0 aliphatic carbocycles. The van der Waals surface area contributed by atoms with E-state index in [0.717, 1.165) is 18.4 Å². The van der Waals surface area contributed by atoms with Crippen molar-refractivity contribution in [3.63, 3.8) is 0 Å². The van der Waals surface area contributed by atoms with Crippen LogP contribution in [-0.4, -0.2) is 0 Å². The van der Waals surface area contributed by atoms with Crippen molar-refractivity contribution < 1.29 is 4.39 Å². The summed E-state index contributed by atoms with van der Waals surface area (Å²) in [4.78, 5) is 0. The molecule has 0 saturated carbocycles. The van der Waals surface area contributed by atoms with Crippen LogP contribution in [0.2, 0.25) is 0 Å². The maximum atomic E-state index is 13.2. The Morgan fingerprint density at radius 3 is 2.14 bits per heavy atom. The van der Waals surface area contributed by atoms with Crippen molar-refractivity contribution in [2.24, 2.45) is 0 Å². The molecule has 1 aromatic carbocycles. The number of benzene rings is 1. The number of alkyl halides is 1. The lowest BCUT2D eigenvalue weighted by Gasteiger charge is -2.10. The van der Waals surface area contributed by atoms with Gasteiger partial charge < -0.3 is 0 Å². The van der Waals surface area contributed by atoms with Gasteiger partial charge in [-0.05, 0) is 40.0 Å². The Bertz CT molecular complexity index is 395. The van der Waals surface area contributed by atoms with E-state index < -0.39 is 0 Å². The van der Waals surface area contributed by atoms with Crippen molar-refractivity contribution in [2.45, 2.75) is 76.5 Å². The Kier molecular flexibility index (Phi) is 10.4. The van der Waals surface area contributed by atoms with Crippen LogP contribution in [0.15, 0.2) is 22.7 Å². The van der Waals surface area contributed by atoms with Gasteiger partial charge in [0.25, 0.3) is 0 Å². The van der Waals surface area contributed by atoms with E-state index >= 15 is 0 Å². The predicted octanol–water partition coefficient (Wildman–Crippen LogP) is 7.79. The first-order valence-electron chi connectivity index (χ1n) is 8.24. The third kappa shape index (κ3) is 8.21. The highest BCUT2D eigenvalue weighted by molar-refractivity contribution is 9.10. The van der Waals surface area contributed by atoms with E-state index in [0.29, 0.717) is 4.47 Å². The highest BCUT2D eigenvalue weighted by Gasteiger charge is 2.09. The van der Waals surface area contributed by atoms with E-state index in [9.17, 15) is 4.39 Å². The first kappa shape index (κ1) is 19.0. The summed E-state index contributed by atoms with van der Waals surface area (Å²) in [6, 6.07) is 5.05. The molecule has 0 N–H and O–H groups in total. The van der Waals surface area contributed by atoms with Crippen molar-refractivity contribution >= 4 is 27.5 Å². The molecular weight excluding hydrogens is 351 g/mol. The van der Waals surface area contributed by atoms with Gasteiger partial charge in [0.15, 0.2) is 0 Å². The van der Waals surface area contributed by atoms with Crippen molar-refractivity contribution in [3.8, 4) is 0 Å². The molecule has 120 valence electrons. The van der Waals surface area contributed by atoms with Gasteiger partial charge in [0.05, 0.1) is 9.85 Å². The largest absolute Gasteiger partial charge is 0.206 e. The van der Waals surface area contributed by atoms with Crippen molar-refractivity contribution in [2.75, 3.05) is 0 Å². The van der Waals surface area contributed by atoms with E-state index in [4.69, 9.17) is 11.6 Å². The van der Waals surface area contributed by atoms with E-state index in [-0.39, 0.29) is 11.2 Å². The Morgan fingerprint density at radius 1 is 1.00 bits per heavy atom. The molecule has 0 bridgehead atoms. The smallest absolute Gasteiger partial charge is 0.137 e. The van der Waals surface area contributed by atoms with E-state index in [2.05, 4.69) is 22.9 Å². The summed E-state index contributed by atoms with van der Waals surface area (Å²) in [5.41, 5.74) is 1.00. The highest BCUT2D eigenvalue weighted by atomic mass is 79.9. The normalized spacial score (nSPS) is 12.6. The fourth-order valence-corrected chi connectivity index (χ4v) is 3.19. The molecule has 0 heterocycles. The zero-order chi connectivity index (χ0) is 15.5. The third-order valence-corrected chi connectivity index (χ3v) is 4.94. The van der Waals surface area contributed by atoms with Gasteiger partial charge in [-0.3, -0.25) is 0 Å². The van der Waals surface area contributed by atoms with Crippen LogP contribution in [0.5, 0.6) is 0 Å². The lowest BCUT2D eigenvalue weighted by Crippen LogP contribution is -1.92. The van der Waals surface area contributed by atoms with E-state index in [1.54, 1.807) is 12.1 Å². The molecule has 3 heteroatoms. The molecule has 21 heavy (non-hydrogen) atoms. The molecule has 1 rings (SSSR count). The fourth-order valence-electron chi connectivity index (χ4n) is 2.51. The van der Waals surface area contributed by atoms with Gasteiger partial charge in [-0.1, -0.05) is 70.8 Å². The molecule has 0 spiro atoms. The predicted molar refractivity (Wildman–Crippen MR) is 94.5 cm³/mol. The van der Waals surface area contributed by atoms with Gasteiger partial charge in [-0.2, -0.15) is 0 Å². The quantitative estimate of drug-likeness (QED) is 0.273. The maximum absolute atomic E-state index is 13.2. The van der Waals surface area contributed by atoms with Crippen molar-refractivity contribution in [1.82, 2.24) is 0 Å². The molecule has 0 nitrogen and oxygen atoms in total. The monoisotopic (exact) mass is 376 g/mol. The molecule has 1 unspecified atom stereocenters. The zero-order valence-electron chi connectivity index (χ0n) is 13.0. The van der Waals surface area contributed by atoms with Gasteiger partial charge in [-0.15, -0.1) is 11.6 Å². The van der Waals surface area contributed by atoms with Gasteiger partial charge in [0.2, 0.25) is 0 Å². The molecular formula is C18H27BrClF. The number of hydrogen-bond acceptors (Lipinski definition) is 0. The van der Waals surface area contributed by atoms with E-state index in [1.807, 2.05) is 0 Å². The van der Waals surface area contributed by atoms with Crippen LogP contribution < -0.4 is 0 Å². The van der Waals surface area contributed by atoms with Crippen molar-refractivity contribution in [1.29, 1.82) is 0 Å². The Balaban J connectivity index is 2.08. The number of rotatable bonds is 11. The molecule has 0 fully saturated rings. The summed E-state index contributed by atoms with van der Waals surface area (Å²) in [7, 11) is 0. The molecule has 1 aromatic rings. The molecule has 0 amide bonds. The van der Waals surface area contributed by atoms with Crippen LogP contribution in [-0.2, 0) is 0 Å². The summed E-state index contributed by atoms with van der Waals surface area (Å²) in [6.07, 6.45) is 12.9. The minimum atomic E-state index is -0.231. The van der Waals surface area contributed by atoms with E-state index in [1.165, 1.54) is 57.4 Å². The molecule has 1 atom stereocenters. The third-order valence-electron chi connectivity index (χ3n) is 3.87. The first-order valence-corrected chi connectivity index (χ1v) is 9.47. The van der Waals surface area contributed by atoms with Crippen LogP contribution >= 0.6 is 27.5 Å². The van der Waals surface area contributed by atoms with Crippen LogP contribution in [0.25, 0.3) is 0 Å². The lowest BCUT2D eigenvalue weighted by atomic mass is 10.0. The van der Waals surface area contributed by atoms with Crippen LogP contribution in [0.1, 0.15) is 82.1 Å². The molecule has 0 radical (unpaired) electrons. The summed E-state index contributed by atoms with van der Waals surface area (Å²) < 4.78 is 13.7. The van der Waals surface area contributed by atoms with Crippen LogP contribution in [0.4, 0.5) is 4.39 Å². The van der Waals surface area contributed by atoms with Gasteiger partial charge in [0.1, 0.15) is 5.82 Å². The van der Waals surface area contributed by atoms with Gasteiger partial charge >= 0.3 is 0 Å². The summed E-state index contributed by atoms with van der Waals surface area (Å²) >= 11 is 9.59. The van der Waals surface area contributed by atoms with Gasteiger partial charge in [0, 0.05) is 0 Å². The van der Waals surface area contributed by atoms with Crippen LogP contribution in [0.3, 0.4) is 0 Å². The lowest BCUT2D eigenvalue weighted by molar-refractivity contribution is 0.554. The molecule has 0 aliphatic heterocycles. The summed E-state index contributed by atoms with van der Waals surface area (Å²) in [6.45, 7) is 2.25. The van der Waals surface area contributed by atoms with Crippen LogP contribution in [0, 0.1) is 5.82 Å². The number of halogens is 3. The summed E-state index contributed by atoms with van der Waals surface area (Å²) in [5, 5.41) is -0.00791. The standard InChI is InChI=1S/C18H27BrClF/c1-2-3-4-5-6-7-8-9-10-11-17(20)15-12-13-18(21)16(19)14-15/h12-14,17H,2-11H2,1H3. The minimum Gasteiger partial charge on any atom is -0.206 e. The number of hydrogen-bond donors (Lipinski definition) is 0. The van der Waals surface area contributed by atoms with Crippen molar-refractivity contribution in [3.05, 3.63) is 34.1 Å². The minimum absolute atomic E-state index is 0.00791. The molecule has 0 saturated heterocycles. The zero-order valence-corrected chi connectivity index (χ0v) is 15.4. The Labute approximate surface area is 142 Å². The second-order valence-corrected chi connectivity index (χ2v) is 7.14. The molecule has 0 aliphatic rings. The first-order chi connectivity index (χ1) is 10.1. The SMILES string of the molecule is CCCCCCCCCCCC(Cl)c1ccc(F)c(Br)c1. The summed E-state index contributed by atoms with van der Waals surface area (Å²) in [5.74, 6) is -0.231. The topological polar surface area (TPSA) is 0 Å². The number of unbranched alkanes of at least 4 members (excludes halogenated alkanes) is 8. The Hall–Kier alpha value is -0.0800. The second kappa shape index (κ2) is 11.5. The molecule has 0 aromatic heterocycles. The highest BCUT2D eigenvalue weighted by Crippen LogP contribution is 2.29. The average molecular weight is 378 g/mol.